The predicted molar refractivity (Wildman–Crippen MR) is 145 cm³/mol. The number of anilines is 2. The third-order valence-corrected chi connectivity index (χ3v) is 6.53. The van der Waals surface area contributed by atoms with Crippen LogP contribution in [0.4, 0.5) is 24.1 Å². The number of hydrogen-bond donors (Lipinski definition) is 2. The molecule has 216 valence electrons. The Morgan fingerprint density at radius 3 is 2.56 bits per heavy atom. The van der Waals surface area contributed by atoms with Crippen molar-refractivity contribution in [2.45, 2.75) is 44.9 Å². The van der Waals surface area contributed by atoms with Gasteiger partial charge in [0.1, 0.15) is 10.8 Å². The highest BCUT2D eigenvalue weighted by atomic mass is 32.1. The third kappa shape index (κ3) is 9.95. The summed E-state index contributed by atoms with van der Waals surface area (Å²) >= 11 is 1.28. The molecule has 3 heterocycles. The Morgan fingerprint density at radius 2 is 1.80 bits per heavy atom. The first-order chi connectivity index (χ1) is 19.6. The Balaban J connectivity index is 1.15. The van der Waals surface area contributed by atoms with E-state index in [9.17, 15) is 28.0 Å². The molecular formula is C26H25F3N7O4S-. The normalized spacial score (nSPS) is 13.1. The molecule has 4 rings (SSSR count). The van der Waals surface area contributed by atoms with Gasteiger partial charge in [0.2, 0.25) is 16.9 Å². The van der Waals surface area contributed by atoms with Gasteiger partial charge in [-0.2, -0.15) is 5.10 Å². The standard InChI is InChI=1S/C26H25F3N7O4S/c27-26(28,29)40-20-9-5-6-17(14-20)15-22(37)30-21-12-11-18(32-33-21)7-1-2-10-24-34-35-25(41-24)31-23(38)16-19-8-3-4-13-36(19)39/h3-6,8-9,11-12,14H,1-2,7,10,13,15-16H2,(H,30,33,37)(H,31,35,38)/q-1. The van der Waals surface area contributed by atoms with Crippen molar-refractivity contribution in [1.82, 2.24) is 25.5 Å². The van der Waals surface area contributed by atoms with E-state index in [2.05, 4.69) is 35.8 Å². The molecule has 2 aromatic heterocycles. The Labute approximate surface area is 236 Å². The van der Waals surface area contributed by atoms with Gasteiger partial charge in [-0.1, -0.05) is 35.6 Å². The fourth-order valence-electron chi connectivity index (χ4n) is 3.78. The molecule has 0 spiro atoms. The maximum atomic E-state index is 12.4. The predicted octanol–water partition coefficient (Wildman–Crippen LogP) is 4.56. The van der Waals surface area contributed by atoms with Crippen LogP contribution in [0.15, 0.2) is 60.3 Å². The van der Waals surface area contributed by atoms with Gasteiger partial charge in [-0.3, -0.25) is 9.59 Å². The van der Waals surface area contributed by atoms with Crippen LogP contribution in [0, 0.1) is 5.21 Å². The summed E-state index contributed by atoms with van der Waals surface area (Å²) in [6.07, 6.45) is 2.94. The average molecular weight is 589 g/mol. The largest absolute Gasteiger partial charge is 0.758 e. The maximum absolute atomic E-state index is 12.4. The number of carbonyl (C=O) groups excluding carboxylic acids is 2. The number of rotatable bonds is 12. The molecule has 15 heteroatoms. The first-order valence-corrected chi connectivity index (χ1v) is 13.3. The van der Waals surface area contributed by atoms with Crippen LogP contribution in [0.2, 0.25) is 0 Å². The summed E-state index contributed by atoms with van der Waals surface area (Å²) in [5.74, 6) is -0.967. The number of unbranched alkanes of at least 4 members (excludes halogenated alkanes) is 1. The van der Waals surface area contributed by atoms with Crippen molar-refractivity contribution in [3.63, 3.8) is 0 Å². The molecule has 11 nitrogen and oxygen atoms in total. The lowest BCUT2D eigenvalue weighted by atomic mass is 10.1. The van der Waals surface area contributed by atoms with Crippen molar-refractivity contribution in [3.05, 3.63) is 81.8 Å². The van der Waals surface area contributed by atoms with E-state index in [4.69, 9.17) is 0 Å². The lowest BCUT2D eigenvalue weighted by Crippen LogP contribution is -2.22. The van der Waals surface area contributed by atoms with E-state index in [0.29, 0.717) is 29.2 Å². The number of hydroxylamine groups is 2. The number of alkyl halides is 3. The molecule has 2 amide bonds. The van der Waals surface area contributed by atoms with E-state index in [1.165, 1.54) is 23.5 Å². The molecule has 1 aromatic carbocycles. The van der Waals surface area contributed by atoms with E-state index >= 15 is 0 Å². The highest BCUT2D eigenvalue weighted by Gasteiger charge is 2.31. The summed E-state index contributed by atoms with van der Waals surface area (Å²) < 4.78 is 41.1. The fraction of sp³-hybridized carbons (Fsp3) is 0.308. The van der Waals surface area contributed by atoms with E-state index in [1.807, 2.05) is 0 Å². The number of nitrogens with one attached hydrogen (secondary N) is 2. The van der Waals surface area contributed by atoms with Crippen molar-refractivity contribution >= 4 is 34.1 Å². The smallest absolute Gasteiger partial charge is 0.573 e. The molecule has 0 saturated heterocycles. The number of ether oxygens (including phenoxy) is 1. The number of aromatic nitrogens is 4. The summed E-state index contributed by atoms with van der Waals surface area (Å²) in [4.78, 5) is 24.5. The average Bonchev–Trinajstić information content (AvgIpc) is 3.35. The van der Waals surface area contributed by atoms with Crippen molar-refractivity contribution in [2.24, 2.45) is 0 Å². The molecule has 41 heavy (non-hydrogen) atoms. The molecule has 0 fully saturated rings. The minimum Gasteiger partial charge on any atom is -0.758 e. The molecule has 0 aliphatic carbocycles. The minimum atomic E-state index is -4.81. The van der Waals surface area contributed by atoms with Gasteiger partial charge in [0.25, 0.3) is 0 Å². The van der Waals surface area contributed by atoms with Crippen LogP contribution in [0.25, 0.3) is 0 Å². The van der Waals surface area contributed by atoms with Gasteiger partial charge in [-0.25, -0.2) is 0 Å². The molecule has 2 N–H and O–H groups in total. The molecule has 0 bridgehead atoms. The zero-order valence-electron chi connectivity index (χ0n) is 21.6. The quantitative estimate of drug-likeness (QED) is 0.291. The zero-order chi connectivity index (χ0) is 29.2. The van der Waals surface area contributed by atoms with E-state index in [-0.39, 0.29) is 31.1 Å². The van der Waals surface area contributed by atoms with E-state index in [0.717, 1.165) is 40.7 Å². The second-order valence-electron chi connectivity index (χ2n) is 8.91. The summed E-state index contributed by atoms with van der Waals surface area (Å²) in [5, 5.41) is 35.1. The summed E-state index contributed by atoms with van der Waals surface area (Å²) in [6, 6.07) is 8.54. The van der Waals surface area contributed by atoms with Crippen LogP contribution < -0.4 is 15.4 Å². The minimum absolute atomic E-state index is 0.0408. The number of carbonyl (C=O) groups is 2. The van der Waals surface area contributed by atoms with Gasteiger partial charge >= 0.3 is 6.36 Å². The van der Waals surface area contributed by atoms with Crippen LogP contribution >= 0.6 is 11.3 Å². The summed E-state index contributed by atoms with van der Waals surface area (Å²) in [6.45, 7) is 0.222. The van der Waals surface area contributed by atoms with Gasteiger partial charge < -0.3 is 25.6 Å². The fourth-order valence-corrected chi connectivity index (χ4v) is 4.58. The van der Waals surface area contributed by atoms with Gasteiger partial charge in [-0.05, 0) is 55.2 Å². The highest BCUT2D eigenvalue weighted by molar-refractivity contribution is 7.15. The van der Waals surface area contributed by atoms with Gasteiger partial charge in [0.05, 0.1) is 18.5 Å². The van der Waals surface area contributed by atoms with Crippen molar-refractivity contribution < 1.29 is 27.5 Å². The number of nitrogens with zero attached hydrogens (tertiary/aromatic N) is 5. The van der Waals surface area contributed by atoms with Crippen LogP contribution in [0.3, 0.4) is 0 Å². The number of benzene rings is 1. The number of hydrogen-bond acceptors (Lipinski definition) is 10. The van der Waals surface area contributed by atoms with E-state index in [1.54, 1.807) is 30.4 Å². The van der Waals surface area contributed by atoms with Crippen LogP contribution in [0.5, 0.6) is 5.75 Å². The van der Waals surface area contributed by atoms with Gasteiger partial charge in [0.15, 0.2) is 5.82 Å². The topological polar surface area (TPSA) is 145 Å². The van der Waals surface area contributed by atoms with Gasteiger partial charge in [0, 0.05) is 18.7 Å². The number of allylic oxidation sites excluding steroid dienone is 2. The number of halogens is 3. The molecule has 0 saturated carbocycles. The lowest BCUT2D eigenvalue weighted by Gasteiger charge is -2.33. The monoisotopic (exact) mass is 588 g/mol. The lowest BCUT2D eigenvalue weighted by molar-refractivity contribution is -0.274. The SMILES string of the molecule is O=C(Cc1cccc(OC(F)(F)F)c1)Nc1ccc(CCCCc2nnc(NC(=O)CC3=CC=CCN3[O-])s2)nn1. The Hall–Kier alpha value is -4.37. The molecule has 1 aliphatic heterocycles. The molecule has 0 radical (unpaired) electrons. The zero-order valence-corrected chi connectivity index (χ0v) is 22.4. The Morgan fingerprint density at radius 1 is 1.00 bits per heavy atom. The summed E-state index contributed by atoms with van der Waals surface area (Å²) in [7, 11) is 0. The maximum Gasteiger partial charge on any atom is 0.573 e. The first kappa shape index (κ1) is 29.6. The van der Waals surface area contributed by atoms with Crippen molar-refractivity contribution in [3.8, 4) is 5.75 Å². The van der Waals surface area contributed by atoms with Crippen molar-refractivity contribution in [1.29, 1.82) is 0 Å². The molecular weight excluding hydrogens is 563 g/mol. The van der Waals surface area contributed by atoms with Crippen LogP contribution in [-0.2, 0) is 28.9 Å². The second kappa shape index (κ2) is 13.8. The Kier molecular flexibility index (Phi) is 9.97. The molecule has 0 unspecified atom stereocenters. The molecule has 3 aromatic rings. The summed E-state index contributed by atoms with van der Waals surface area (Å²) in [5.41, 5.74) is 1.46. The van der Waals surface area contributed by atoms with E-state index < -0.39 is 18.0 Å². The van der Waals surface area contributed by atoms with Crippen LogP contribution in [0.1, 0.15) is 35.5 Å². The van der Waals surface area contributed by atoms with Gasteiger partial charge in [-0.15, -0.1) is 28.5 Å². The molecule has 0 atom stereocenters. The van der Waals surface area contributed by atoms with Crippen molar-refractivity contribution in [2.75, 3.05) is 17.2 Å². The highest BCUT2D eigenvalue weighted by Crippen LogP contribution is 2.24. The first-order valence-electron chi connectivity index (χ1n) is 12.5. The second-order valence-corrected chi connectivity index (χ2v) is 9.97. The van der Waals surface area contributed by atoms with Crippen LogP contribution in [-0.4, -0.2) is 50.2 Å². The third-order valence-electron chi connectivity index (χ3n) is 5.63. The number of aryl methyl sites for hydroxylation is 2. The Bertz CT molecular complexity index is 1410. The number of amides is 2. The molecule has 1 aliphatic rings.